The van der Waals surface area contributed by atoms with Gasteiger partial charge in [-0.05, 0) is 12.8 Å². The Labute approximate surface area is 76.4 Å². The fourth-order valence-electron chi connectivity index (χ4n) is 0.876. The van der Waals surface area contributed by atoms with Gasteiger partial charge in [0.25, 0.3) is 0 Å². The molecule has 0 aromatic carbocycles. The summed E-state index contributed by atoms with van der Waals surface area (Å²) < 4.78 is 0. The zero-order valence-electron chi connectivity index (χ0n) is 7.86. The van der Waals surface area contributed by atoms with E-state index in [2.05, 4.69) is 31.8 Å². The van der Waals surface area contributed by atoms with E-state index in [1.807, 2.05) is 0 Å². The topological polar surface area (TPSA) is 0 Å². The van der Waals surface area contributed by atoms with E-state index in [1.165, 1.54) is 25.7 Å². The van der Waals surface area contributed by atoms with Crippen molar-refractivity contribution in [3.63, 3.8) is 0 Å². The summed E-state index contributed by atoms with van der Waals surface area (Å²) in [6, 6.07) is 0. The zero-order valence-corrected chi connectivity index (χ0v) is 9.62. The summed E-state index contributed by atoms with van der Waals surface area (Å²) in [6.45, 7) is 6.51. The molecule has 66 valence electrons. The molecule has 0 saturated heterocycles. The molecule has 0 aliphatic carbocycles. The van der Waals surface area contributed by atoms with Gasteiger partial charge in [-0.1, -0.05) is 44.6 Å². The van der Waals surface area contributed by atoms with Crippen LogP contribution in [0.1, 0.15) is 32.6 Å². The molecule has 0 aliphatic rings. The molecule has 0 nitrogen and oxygen atoms in total. The normalized spacial score (nSPS) is 12.7. The van der Waals surface area contributed by atoms with E-state index in [0.29, 0.717) is 0 Å². The SMILES string of the molecule is CCCCC/C=C\[Si](C)(C)Cl. The maximum atomic E-state index is 6.10. The lowest BCUT2D eigenvalue weighted by atomic mass is 10.2. The van der Waals surface area contributed by atoms with Crippen LogP contribution >= 0.6 is 11.1 Å². The van der Waals surface area contributed by atoms with Crippen molar-refractivity contribution in [3.05, 3.63) is 11.8 Å². The minimum absolute atomic E-state index is 1.21. The number of hydrogen-bond acceptors (Lipinski definition) is 0. The first kappa shape index (κ1) is 11.2. The molecule has 0 unspecified atom stereocenters. The second-order valence-electron chi connectivity index (χ2n) is 3.46. The van der Waals surface area contributed by atoms with Crippen LogP contribution in [0, 0.1) is 0 Å². The fraction of sp³-hybridized carbons (Fsp3) is 0.778. The number of halogens is 1. The molecule has 0 spiro atoms. The highest BCUT2D eigenvalue weighted by atomic mass is 35.6. The molecule has 0 heterocycles. The lowest BCUT2D eigenvalue weighted by Gasteiger charge is -2.04. The first-order valence-electron chi connectivity index (χ1n) is 4.43. The Balaban J connectivity index is 3.30. The smallest absolute Gasteiger partial charge is 0.162 e. The summed E-state index contributed by atoms with van der Waals surface area (Å²) >= 11 is 6.10. The number of allylic oxidation sites excluding steroid dienone is 1. The van der Waals surface area contributed by atoms with E-state index in [-0.39, 0.29) is 0 Å². The Kier molecular flexibility index (Phi) is 5.97. The molecule has 11 heavy (non-hydrogen) atoms. The second kappa shape index (κ2) is 5.84. The molecular weight excluding hydrogens is 172 g/mol. The van der Waals surface area contributed by atoms with Gasteiger partial charge in [0.2, 0.25) is 0 Å². The van der Waals surface area contributed by atoms with Gasteiger partial charge >= 0.3 is 0 Å². The number of rotatable bonds is 5. The Morgan fingerprint density at radius 3 is 2.36 bits per heavy atom. The Morgan fingerprint density at radius 1 is 1.27 bits per heavy atom. The third kappa shape index (κ3) is 10.2. The van der Waals surface area contributed by atoms with Crippen LogP contribution in [0.2, 0.25) is 13.1 Å². The molecule has 0 aromatic heterocycles. The van der Waals surface area contributed by atoms with Crippen molar-refractivity contribution >= 4 is 18.5 Å². The molecule has 0 atom stereocenters. The molecular formula is C9H19ClSi. The maximum Gasteiger partial charge on any atom is 0.173 e. The lowest BCUT2D eigenvalue weighted by Crippen LogP contribution is -2.11. The minimum Gasteiger partial charge on any atom is -0.162 e. The molecule has 0 fully saturated rings. The van der Waals surface area contributed by atoms with E-state index in [9.17, 15) is 0 Å². The number of unbranched alkanes of at least 4 members (excludes halogenated alkanes) is 3. The van der Waals surface area contributed by atoms with E-state index in [0.717, 1.165) is 0 Å². The summed E-state index contributed by atoms with van der Waals surface area (Å²) in [5.74, 6) is 0. The maximum absolute atomic E-state index is 6.10. The standard InChI is InChI=1S/C9H19ClSi/c1-4-5-6-7-8-9-11(2,3)10/h8-9H,4-7H2,1-3H3/b9-8-. The van der Waals surface area contributed by atoms with Crippen molar-refractivity contribution in [3.8, 4) is 0 Å². The number of hydrogen-bond donors (Lipinski definition) is 0. The van der Waals surface area contributed by atoms with Gasteiger partial charge < -0.3 is 0 Å². The van der Waals surface area contributed by atoms with Gasteiger partial charge in [-0.2, -0.15) is 11.1 Å². The van der Waals surface area contributed by atoms with Crippen LogP contribution in [0.4, 0.5) is 0 Å². The average Bonchev–Trinajstić information content (AvgIpc) is 1.85. The predicted molar refractivity (Wildman–Crippen MR) is 56.6 cm³/mol. The van der Waals surface area contributed by atoms with Crippen LogP contribution in [0.15, 0.2) is 11.8 Å². The van der Waals surface area contributed by atoms with Crippen molar-refractivity contribution in [1.82, 2.24) is 0 Å². The molecule has 0 N–H and O–H groups in total. The third-order valence-electron chi connectivity index (χ3n) is 1.49. The van der Waals surface area contributed by atoms with Crippen molar-refractivity contribution < 1.29 is 0 Å². The summed E-state index contributed by atoms with van der Waals surface area (Å²) in [7, 11) is -1.43. The Hall–Kier alpha value is 0.247. The van der Waals surface area contributed by atoms with Crippen molar-refractivity contribution in [2.45, 2.75) is 45.7 Å². The summed E-state index contributed by atoms with van der Waals surface area (Å²) in [4.78, 5) is 0. The van der Waals surface area contributed by atoms with E-state index in [4.69, 9.17) is 11.1 Å². The molecule has 0 saturated carbocycles. The minimum atomic E-state index is -1.43. The predicted octanol–water partition coefficient (Wildman–Crippen LogP) is 4.11. The van der Waals surface area contributed by atoms with Gasteiger partial charge in [0.15, 0.2) is 7.38 Å². The van der Waals surface area contributed by atoms with Crippen LogP contribution in [-0.4, -0.2) is 7.38 Å². The summed E-state index contributed by atoms with van der Waals surface area (Å²) in [6.07, 6.45) is 7.41. The highest BCUT2D eigenvalue weighted by Crippen LogP contribution is 2.10. The van der Waals surface area contributed by atoms with Crippen molar-refractivity contribution in [2.24, 2.45) is 0 Å². The van der Waals surface area contributed by atoms with Gasteiger partial charge in [-0.25, -0.2) is 0 Å². The van der Waals surface area contributed by atoms with E-state index >= 15 is 0 Å². The molecule has 0 radical (unpaired) electrons. The first-order chi connectivity index (χ1) is 5.06. The third-order valence-corrected chi connectivity index (χ3v) is 2.89. The summed E-state index contributed by atoms with van der Waals surface area (Å²) in [5, 5.41) is 0. The Morgan fingerprint density at radius 2 is 1.91 bits per heavy atom. The van der Waals surface area contributed by atoms with Crippen molar-refractivity contribution in [1.29, 1.82) is 0 Å². The quantitative estimate of drug-likeness (QED) is 0.348. The fourth-order valence-corrected chi connectivity index (χ4v) is 1.87. The van der Waals surface area contributed by atoms with Crippen LogP contribution < -0.4 is 0 Å². The summed E-state index contributed by atoms with van der Waals surface area (Å²) in [5.41, 5.74) is 2.21. The van der Waals surface area contributed by atoms with E-state index < -0.39 is 7.38 Å². The largest absolute Gasteiger partial charge is 0.173 e. The highest BCUT2D eigenvalue weighted by molar-refractivity contribution is 7.21. The molecule has 2 heteroatoms. The molecule has 0 aliphatic heterocycles. The van der Waals surface area contributed by atoms with Gasteiger partial charge in [-0.15, -0.1) is 0 Å². The molecule has 0 amide bonds. The monoisotopic (exact) mass is 190 g/mol. The molecule has 0 aromatic rings. The van der Waals surface area contributed by atoms with Gasteiger partial charge in [-0.3, -0.25) is 0 Å². The van der Waals surface area contributed by atoms with Crippen molar-refractivity contribution in [2.75, 3.05) is 0 Å². The average molecular weight is 191 g/mol. The second-order valence-corrected chi connectivity index (χ2v) is 9.85. The highest BCUT2D eigenvalue weighted by Gasteiger charge is 2.10. The Bertz CT molecular complexity index is 113. The molecule has 0 bridgehead atoms. The van der Waals surface area contributed by atoms with Crippen LogP contribution in [0.5, 0.6) is 0 Å². The lowest BCUT2D eigenvalue weighted by molar-refractivity contribution is 0.729. The van der Waals surface area contributed by atoms with Gasteiger partial charge in [0, 0.05) is 0 Å². The molecule has 0 rings (SSSR count). The van der Waals surface area contributed by atoms with Crippen LogP contribution in [0.25, 0.3) is 0 Å². The zero-order chi connectivity index (χ0) is 8.74. The first-order valence-corrected chi connectivity index (χ1v) is 8.52. The van der Waals surface area contributed by atoms with Gasteiger partial charge in [0.1, 0.15) is 0 Å². The van der Waals surface area contributed by atoms with Crippen LogP contribution in [-0.2, 0) is 0 Å². The van der Waals surface area contributed by atoms with Gasteiger partial charge in [0.05, 0.1) is 0 Å². The van der Waals surface area contributed by atoms with E-state index in [1.54, 1.807) is 0 Å². The van der Waals surface area contributed by atoms with Crippen LogP contribution in [0.3, 0.4) is 0 Å².